The molecule has 0 fully saturated rings. The number of allylic oxidation sites excluding steroid dienone is 1. The van der Waals surface area contributed by atoms with E-state index in [1.807, 2.05) is 118 Å². The second kappa shape index (κ2) is 16.1. The SMILES string of the molecule is [B]c1c([B])c(-c2c([B])c([B])c(-c3nc(-c4ccccc4)c4oc(C(C)C)c(/C(=C\C)c5nc(-c6ccccc6)nc(-c6ccccc6)n5)c4n3)c([B])c2[B])c([B])c([B])c1O. The Morgan fingerprint density at radius 2 is 0.967 bits per heavy atom. The molecule has 0 aliphatic rings. The van der Waals surface area contributed by atoms with Gasteiger partial charge in [-0.1, -0.05) is 155 Å². The summed E-state index contributed by atoms with van der Waals surface area (Å²) < 4.78 is 6.79. The second-order valence-corrected chi connectivity index (χ2v) is 14.5. The van der Waals surface area contributed by atoms with Crippen molar-refractivity contribution in [2.75, 3.05) is 0 Å². The van der Waals surface area contributed by atoms with Crippen LogP contribution in [0.4, 0.5) is 0 Å². The molecule has 3 aromatic heterocycles. The van der Waals surface area contributed by atoms with Crippen molar-refractivity contribution < 1.29 is 9.52 Å². The molecule has 0 unspecified atom stereocenters. The van der Waals surface area contributed by atoms with Crippen molar-refractivity contribution in [3.8, 4) is 62.3 Å². The molecule has 0 saturated heterocycles. The Balaban J connectivity index is 1.43. The summed E-state index contributed by atoms with van der Waals surface area (Å²) in [5, 5.41) is 10.4. The number of hydrogen-bond donors (Lipinski definition) is 1. The molecule has 8 aromatic rings. The zero-order valence-electron chi connectivity index (χ0n) is 33.0. The Hall–Kier alpha value is -6.21. The summed E-state index contributed by atoms with van der Waals surface area (Å²) in [6.45, 7) is 5.96. The lowest BCUT2D eigenvalue weighted by Gasteiger charge is -2.27. The number of hydrogen-bond acceptors (Lipinski definition) is 7. The quantitative estimate of drug-likeness (QED) is 0.234. The van der Waals surface area contributed by atoms with Crippen LogP contribution in [0.5, 0.6) is 5.75 Å². The van der Waals surface area contributed by atoms with Crippen molar-refractivity contribution in [2.45, 2.75) is 26.7 Å². The largest absolute Gasteiger partial charge is 0.509 e. The number of benzene rings is 5. The molecule has 1 N–H and O–H groups in total. The number of fused-ring (bicyclic) bond motifs is 1. The summed E-state index contributed by atoms with van der Waals surface area (Å²) in [5.74, 6) is 1.49. The number of nitrogens with zero attached hydrogens (tertiary/aromatic N) is 5. The van der Waals surface area contributed by atoms with Gasteiger partial charge in [0.1, 0.15) is 79.7 Å². The Labute approximate surface area is 359 Å². The van der Waals surface area contributed by atoms with E-state index in [1.165, 1.54) is 0 Å². The summed E-state index contributed by atoms with van der Waals surface area (Å²) in [4.78, 5) is 25.2. The van der Waals surface area contributed by atoms with Crippen molar-refractivity contribution in [1.29, 1.82) is 0 Å². The van der Waals surface area contributed by atoms with Gasteiger partial charge in [-0.3, -0.25) is 0 Å². The van der Waals surface area contributed by atoms with E-state index in [1.54, 1.807) is 0 Å². The van der Waals surface area contributed by atoms with Gasteiger partial charge >= 0.3 is 0 Å². The fourth-order valence-electron chi connectivity index (χ4n) is 7.30. The van der Waals surface area contributed by atoms with Gasteiger partial charge in [-0.25, -0.2) is 24.9 Å². The highest BCUT2D eigenvalue weighted by Crippen LogP contribution is 2.41. The Bertz CT molecular complexity index is 2900. The Kier molecular flexibility index (Phi) is 10.9. The van der Waals surface area contributed by atoms with Gasteiger partial charge in [0.2, 0.25) is 0 Å². The van der Waals surface area contributed by atoms with Crippen molar-refractivity contribution >= 4 is 123 Å². The minimum Gasteiger partial charge on any atom is -0.509 e. The third kappa shape index (κ3) is 6.84. The molecule has 16 radical (unpaired) electrons. The molecule has 0 atom stereocenters. The van der Waals surface area contributed by atoms with Crippen LogP contribution in [0.1, 0.15) is 43.8 Å². The van der Waals surface area contributed by atoms with Crippen molar-refractivity contribution in [1.82, 2.24) is 24.9 Å². The normalized spacial score (nSPS) is 11.8. The first-order chi connectivity index (χ1) is 28.8. The van der Waals surface area contributed by atoms with Gasteiger partial charge in [0.25, 0.3) is 0 Å². The van der Waals surface area contributed by atoms with Gasteiger partial charge in [-0.2, -0.15) is 0 Å². The molecule has 268 valence electrons. The maximum absolute atomic E-state index is 10.4. The minimum atomic E-state index is -0.472. The smallest absolute Gasteiger partial charge is 0.179 e. The van der Waals surface area contributed by atoms with E-state index >= 15 is 0 Å². The molecule has 7 nitrogen and oxygen atoms in total. The molecular formula is C45H27B8N5O2. The van der Waals surface area contributed by atoms with Crippen molar-refractivity contribution in [3.63, 3.8) is 0 Å². The van der Waals surface area contributed by atoms with Crippen LogP contribution in [0.3, 0.4) is 0 Å². The lowest BCUT2D eigenvalue weighted by Crippen LogP contribution is -2.49. The molecule has 5 aromatic carbocycles. The van der Waals surface area contributed by atoms with Crippen LogP contribution in [-0.2, 0) is 0 Å². The number of aromatic nitrogens is 5. The van der Waals surface area contributed by atoms with E-state index in [0.29, 0.717) is 51.2 Å². The maximum Gasteiger partial charge on any atom is 0.179 e. The molecule has 0 aliphatic carbocycles. The third-order valence-corrected chi connectivity index (χ3v) is 10.4. The van der Waals surface area contributed by atoms with Gasteiger partial charge in [0.15, 0.2) is 28.9 Å². The molecular weight excluding hydrogens is 729 g/mol. The van der Waals surface area contributed by atoms with E-state index in [0.717, 1.165) is 16.7 Å². The first-order valence-electron chi connectivity index (χ1n) is 19.0. The Morgan fingerprint density at radius 3 is 1.42 bits per heavy atom. The first-order valence-corrected chi connectivity index (χ1v) is 19.0. The van der Waals surface area contributed by atoms with Crippen LogP contribution in [0.2, 0.25) is 0 Å². The van der Waals surface area contributed by atoms with E-state index in [-0.39, 0.29) is 72.1 Å². The highest BCUT2D eigenvalue weighted by molar-refractivity contribution is 6.66. The summed E-state index contributed by atoms with van der Waals surface area (Å²) in [7, 11) is 52.3. The van der Waals surface area contributed by atoms with Crippen LogP contribution in [-0.4, -0.2) is 92.8 Å². The van der Waals surface area contributed by atoms with Gasteiger partial charge in [0.05, 0.1) is 11.3 Å². The van der Waals surface area contributed by atoms with E-state index in [4.69, 9.17) is 92.1 Å². The van der Waals surface area contributed by atoms with Gasteiger partial charge < -0.3 is 9.52 Å². The monoisotopic (exact) mass is 757 g/mol. The van der Waals surface area contributed by atoms with Gasteiger partial charge in [0, 0.05) is 33.7 Å². The molecule has 15 heteroatoms. The lowest BCUT2D eigenvalue weighted by molar-refractivity contribution is 0.484. The molecule has 0 aliphatic heterocycles. The highest BCUT2D eigenvalue weighted by atomic mass is 16.3. The average molecular weight is 756 g/mol. The zero-order chi connectivity index (χ0) is 42.6. The highest BCUT2D eigenvalue weighted by Gasteiger charge is 2.29. The molecule has 8 rings (SSSR count). The molecule has 0 amide bonds. The summed E-state index contributed by atoms with van der Waals surface area (Å²) in [6.07, 6.45) is 1.93. The number of phenols is 1. The van der Waals surface area contributed by atoms with E-state index in [9.17, 15) is 5.11 Å². The molecule has 0 bridgehead atoms. The summed E-state index contributed by atoms with van der Waals surface area (Å²) >= 11 is 0. The van der Waals surface area contributed by atoms with E-state index in [2.05, 4.69) is 0 Å². The molecule has 60 heavy (non-hydrogen) atoms. The van der Waals surface area contributed by atoms with Crippen LogP contribution in [0.15, 0.2) is 101 Å². The van der Waals surface area contributed by atoms with Crippen molar-refractivity contribution in [2.24, 2.45) is 0 Å². The minimum absolute atomic E-state index is 0.0167. The van der Waals surface area contributed by atoms with Crippen LogP contribution < -0.4 is 43.7 Å². The van der Waals surface area contributed by atoms with Crippen molar-refractivity contribution in [3.05, 3.63) is 114 Å². The molecule has 0 saturated carbocycles. The van der Waals surface area contributed by atoms with E-state index < -0.39 is 5.75 Å². The topological polar surface area (TPSA) is 97.8 Å². The Morgan fingerprint density at radius 1 is 0.533 bits per heavy atom. The number of phenolic OH excluding ortho intramolecular Hbond substituents is 1. The maximum atomic E-state index is 10.4. The number of rotatable bonds is 8. The fraction of sp³-hybridized carbons (Fsp3) is 0.0889. The predicted octanol–water partition coefficient (Wildman–Crippen LogP) is 1.37. The predicted molar refractivity (Wildman–Crippen MR) is 250 cm³/mol. The summed E-state index contributed by atoms with van der Waals surface area (Å²) in [6, 6.07) is 28.9. The zero-order valence-corrected chi connectivity index (χ0v) is 33.0. The molecule has 3 heterocycles. The van der Waals surface area contributed by atoms with Gasteiger partial charge in [-0.15, -0.1) is 0 Å². The number of furan rings is 1. The van der Waals surface area contributed by atoms with Crippen LogP contribution in [0.25, 0.3) is 73.2 Å². The molecule has 0 spiro atoms. The van der Waals surface area contributed by atoms with Crippen LogP contribution >= 0.6 is 0 Å². The standard InChI is InChI=1S/C45H27B8N5O2/c1-4-24(44-57-42(22-16-10-6-11-17-22)56-43(58-44)23-18-12-7-13-19-23)25-38-41(60-40(25)20(2)3)37(21-14-8-5-9-15-21)54-45(55-38)28-33(50)29(46)26(30(47)34(28)51)27-31(48)35(52)39(59)36(53)32(27)49/h4-20,59H,1-3H3/b24-4+. The van der Waals surface area contributed by atoms with Gasteiger partial charge in [-0.05, 0) is 18.1 Å². The number of aromatic hydroxyl groups is 1. The average Bonchev–Trinajstić information content (AvgIpc) is 3.66. The van der Waals surface area contributed by atoms with Crippen LogP contribution in [0, 0.1) is 0 Å². The lowest BCUT2D eigenvalue weighted by atomic mass is 9.58. The fourth-order valence-corrected chi connectivity index (χ4v) is 7.30. The first kappa shape index (κ1) is 40.6. The third-order valence-electron chi connectivity index (χ3n) is 10.4. The summed E-state index contributed by atoms with van der Waals surface area (Å²) in [5.41, 5.74) is 4.50. The second-order valence-electron chi connectivity index (χ2n) is 14.5.